The Kier molecular flexibility index (Phi) is 9.78. The summed E-state index contributed by atoms with van der Waals surface area (Å²) in [5.41, 5.74) is 0. The Hall–Kier alpha value is -0.0400. The summed E-state index contributed by atoms with van der Waals surface area (Å²) in [6.45, 7) is 1.56. The smallest absolute Gasteiger partial charge is 0.157 e. The van der Waals surface area contributed by atoms with E-state index in [-0.39, 0.29) is 6.29 Å². The molecule has 98 valence electrons. The van der Waals surface area contributed by atoms with Crippen LogP contribution in [0.1, 0.15) is 51.4 Å². The van der Waals surface area contributed by atoms with Gasteiger partial charge in [0.1, 0.15) is 0 Å². The standard InChI is InChI=1S/C14H23BrO2/c15-11-7-4-2-1-3-5-8-12-16-14-10-6-9-13-17-14/h14H,1-2,4,6-13H2. The van der Waals surface area contributed by atoms with Crippen LogP contribution in [0.15, 0.2) is 0 Å². The summed E-state index contributed by atoms with van der Waals surface area (Å²) in [5, 5.41) is 1.11. The Bertz CT molecular complexity index is 226. The predicted molar refractivity (Wildman–Crippen MR) is 74.2 cm³/mol. The highest BCUT2D eigenvalue weighted by atomic mass is 79.9. The van der Waals surface area contributed by atoms with Crippen molar-refractivity contribution in [2.75, 3.05) is 18.5 Å². The first kappa shape index (κ1) is 15.0. The first-order valence-electron chi connectivity index (χ1n) is 6.68. The third kappa shape index (κ3) is 8.65. The van der Waals surface area contributed by atoms with E-state index in [1.54, 1.807) is 0 Å². The maximum absolute atomic E-state index is 5.60. The molecule has 0 N–H and O–H groups in total. The maximum atomic E-state index is 5.60. The van der Waals surface area contributed by atoms with E-state index < -0.39 is 0 Å². The molecule has 1 fully saturated rings. The molecule has 0 aromatic rings. The van der Waals surface area contributed by atoms with Crippen molar-refractivity contribution in [3.8, 4) is 11.8 Å². The number of halogens is 1. The Morgan fingerprint density at radius 2 is 2.00 bits per heavy atom. The summed E-state index contributed by atoms with van der Waals surface area (Å²) >= 11 is 3.43. The molecule has 1 atom stereocenters. The third-order valence-corrected chi connectivity index (χ3v) is 3.29. The Morgan fingerprint density at radius 3 is 2.76 bits per heavy atom. The van der Waals surface area contributed by atoms with Crippen LogP contribution in [0, 0.1) is 11.8 Å². The van der Waals surface area contributed by atoms with E-state index in [2.05, 4.69) is 27.8 Å². The SMILES string of the molecule is BrCCCCCC#CCCOC1CCCCO1. The summed E-state index contributed by atoms with van der Waals surface area (Å²) in [6.07, 6.45) is 9.06. The summed E-state index contributed by atoms with van der Waals surface area (Å²) in [6, 6.07) is 0. The summed E-state index contributed by atoms with van der Waals surface area (Å²) < 4.78 is 11.1. The minimum atomic E-state index is 0.0319. The van der Waals surface area contributed by atoms with Crippen LogP contribution in [0.3, 0.4) is 0 Å². The first-order chi connectivity index (χ1) is 8.43. The van der Waals surface area contributed by atoms with Gasteiger partial charge in [0.2, 0.25) is 0 Å². The molecule has 1 heterocycles. The number of hydrogen-bond donors (Lipinski definition) is 0. The molecule has 0 spiro atoms. The van der Waals surface area contributed by atoms with E-state index >= 15 is 0 Å². The van der Waals surface area contributed by atoms with Crippen LogP contribution < -0.4 is 0 Å². The van der Waals surface area contributed by atoms with Crippen LogP contribution in [0.2, 0.25) is 0 Å². The molecule has 3 heteroatoms. The predicted octanol–water partition coefficient (Wildman–Crippen LogP) is 3.88. The van der Waals surface area contributed by atoms with E-state index in [1.807, 2.05) is 0 Å². The van der Waals surface area contributed by atoms with Crippen molar-refractivity contribution < 1.29 is 9.47 Å². The molecule has 0 aromatic carbocycles. The normalized spacial score (nSPS) is 19.7. The molecule has 1 aliphatic heterocycles. The molecule has 2 nitrogen and oxygen atoms in total. The van der Waals surface area contributed by atoms with Gasteiger partial charge in [0.25, 0.3) is 0 Å². The number of hydrogen-bond acceptors (Lipinski definition) is 2. The van der Waals surface area contributed by atoms with Gasteiger partial charge in [0.15, 0.2) is 6.29 Å². The van der Waals surface area contributed by atoms with Crippen LogP contribution in [0.4, 0.5) is 0 Å². The van der Waals surface area contributed by atoms with E-state index in [0.717, 1.165) is 31.2 Å². The van der Waals surface area contributed by atoms with Gasteiger partial charge in [-0.3, -0.25) is 0 Å². The topological polar surface area (TPSA) is 18.5 Å². The average molecular weight is 303 g/mol. The van der Waals surface area contributed by atoms with Gasteiger partial charge in [-0.05, 0) is 32.1 Å². The van der Waals surface area contributed by atoms with Crippen molar-refractivity contribution in [1.29, 1.82) is 0 Å². The second kappa shape index (κ2) is 11.1. The first-order valence-corrected chi connectivity index (χ1v) is 7.80. The summed E-state index contributed by atoms with van der Waals surface area (Å²) in [4.78, 5) is 0. The molecule has 0 aromatic heterocycles. The maximum Gasteiger partial charge on any atom is 0.157 e. The fourth-order valence-electron chi connectivity index (χ4n) is 1.75. The summed E-state index contributed by atoms with van der Waals surface area (Å²) in [7, 11) is 0. The molecule has 0 saturated carbocycles. The zero-order valence-electron chi connectivity index (χ0n) is 10.5. The molecule has 0 aliphatic carbocycles. The van der Waals surface area contributed by atoms with Gasteiger partial charge in [-0.1, -0.05) is 22.4 Å². The van der Waals surface area contributed by atoms with E-state index in [1.165, 1.54) is 32.1 Å². The average Bonchev–Trinajstić information content (AvgIpc) is 2.38. The molecule has 1 saturated heterocycles. The van der Waals surface area contributed by atoms with Gasteiger partial charge in [-0.15, -0.1) is 11.8 Å². The fourth-order valence-corrected chi connectivity index (χ4v) is 2.14. The van der Waals surface area contributed by atoms with Gasteiger partial charge in [0, 0.05) is 24.8 Å². The highest BCUT2D eigenvalue weighted by Crippen LogP contribution is 2.13. The molecule has 0 radical (unpaired) electrons. The van der Waals surface area contributed by atoms with Crippen LogP contribution in [0.25, 0.3) is 0 Å². The van der Waals surface area contributed by atoms with Crippen molar-refractivity contribution >= 4 is 15.9 Å². The van der Waals surface area contributed by atoms with Crippen molar-refractivity contribution in [3.63, 3.8) is 0 Å². The monoisotopic (exact) mass is 302 g/mol. The lowest BCUT2D eigenvalue weighted by Gasteiger charge is -2.22. The summed E-state index contributed by atoms with van der Waals surface area (Å²) in [5.74, 6) is 6.36. The molecule has 0 bridgehead atoms. The van der Waals surface area contributed by atoms with Crippen LogP contribution >= 0.6 is 15.9 Å². The Morgan fingerprint density at radius 1 is 1.12 bits per heavy atom. The molecule has 1 unspecified atom stereocenters. The van der Waals surface area contributed by atoms with Crippen LogP contribution in [-0.2, 0) is 9.47 Å². The lowest BCUT2D eigenvalue weighted by Crippen LogP contribution is -2.22. The van der Waals surface area contributed by atoms with Crippen molar-refractivity contribution in [2.24, 2.45) is 0 Å². The fraction of sp³-hybridized carbons (Fsp3) is 0.857. The number of ether oxygens (including phenoxy) is 2. The largest absolute Gasteiger partial charge is 0.353 e. The molecule has 1 rings (SSSR count). The molecule has 17 heavy (non-hydrogen) atoms. The lowest BCUT2D eigenvalue weighted by atomic mass is 10.2. The Labute approximate surface area is 114 Å². The number of rotatable bonds is 7. The number of alkyl halides is 1. The van der Waals surface area contributed by atoms with E-state index in [9.17, 15) is 0 Å². The van der Waals surface area contributed by atoms with Gasteiger partial charge in [-0.25, -0.2) is 0 Å². The zero-order valence-corrected chi connectivity index (χ0v) is 12.1. The second-order valence-corrected chi connectivity index (χ2v) is 5.06. The zero-order chi connectivity index (χ0) is 12.2. The molecular formula is C14H23BrO2. The van der Waals surface area contributed by atoms with Crippen LogP contribution in [-0.4, -0.2) is 24.8 Å². The van der Waals surface area contributed by atoms with Crippen molar-refractivity contribution in [3.05, 3.63) is 0 Å². The lowest BCUT2D eigenvalue weighted by molar-refractivity contribution is -0.161. The van der Waals surface area contributed by atoms with Gasteiger partial charge in [0.05, 0.1) is 6.61 Å². The molecular weight excluding hydrogens is 280 g/mol. The van der Waals surface area contributed by atoms with Crippen molar-refractivity contribution in [1.82, 2.24) is 0 Å². The van der Waals surface area contributed by atoms with Gasteiger partial charge < -0.3 is 9.47 Å². The van der Waals surface area contributed by atoms with Crippen LogP contribution in [0.5, 0.6) is 0 Å². The van der Waals surface area contributed by atoms with Gasteiger partial charge >= 0.3 is 0 Å². The molecule has 0 amide bonds. The Balaban J connectivity index is 1.87. The molecule has 1 aliphatic rings. The minimum absolute atomic E-state index is 0.0319. The minimum Gasteiger partial charge on any atom is -0.353 e. The highest BCUT2D eigenvalue weighted by molar-refractivity contribution is 9.09. The second-order valence-electron chi connectivity index (χ2n) is 4.27. The van der Waals surface area contributed by atoms with Gasteiger partial charge in [-0.2, -0.15) is 0 Å². The third-order valence-electron chi connectivity index (χ3n) is 2.73. The number of unbranched alkanes of at least 4 members (excludes halogenated alkanes) is 3. The van der Waals surface area contributed by atoms with E-state index in [0.29, 0.717) is 6.61 Å². The highest BCUT2D eigenvalue weighted by Gasteiger charge is 2.12. The quantitative estimate of drug-likeness (QED) is 0.404. The van der Waals surface area contributed by atoms with Crippen molar-refractivity contribution in [2.45, 2.75) is 57.7 Å². The van der Waals surface area contributed by atoms with E-state index in [4.69, 9.17) is 9.47 Å².